The molecule has 0 rings (SSSR count). The van der Waals surface area contributed by atoms with Crippen LogP contribution in [0.4, 0.5) is 0 Å². The van der Waals surface area contributed by atoms with Crippen LogP contribution in [0.2, 0.25) is 0 Å². The summed E-state index contributed by atoms with van der Waals surface area (Å²) in [4.78, 5) is 32.8. The first-order valence-corrected chi connectivity index (χ1v) is 5.08. The van der Waals surface area contributed by atoms with Gasteiger partial charge in [-0.25, -0.2) is 5.48 Å². The van der Waals surface area contributed by atoms with Gasteiger partial charge in [0.2, 0.25) is 11.8 Å². The van der Waals surface area contributed by atoms with E-state index in [1.165, 1.54) is 12.4 Å². The molecule has 0 bridgehead atoms. The van der Waals surface area contributed by atoms with E-state index in [9.17, 15) is 19.5 Å². The number of hydroxylamine groups is 1. The minimum atomic E-state index is -1.24. The summed E-state index contributed by atoms with van der Waals surface area (Å²) in [5, 5.41) is 19.8. The molecule has 3 amide bonds. The highest BCUT2D eigenvalue weighted by Crippen LogP contribution is 1.98. The van der Waals surface area contributed by atoms with Crippen LogP contribution in [0.1, 0.15) is 26.2 Å². The number of aliphatic hydroxyl groups is 1. The van der Waals surface area contributed by atoms with E-state index < -0.39 is 29.9 Å². The van der Waals surface area contributed by atoms with E-state index in [-0.39, 0.29) is 19.3 Å². The summed E-state index contributed by atoms with van der Waals surface area (Å²) in [7, 11) is 0. The molecular formula is C9H17N3O5. The molecule has 0 aromatic carbocycles. The number of hydrogen-bond acceptors (Lipinski definition) is 5. The van der Waals surface area contributed by atoms with Gasteiger partial charge in [0.1, 0.15) is 6.04 Å². The second-order valence-electron chi connectivity index (χ2n) is 3.58. The predicted molar refractivity (Wildman–Crippen MR) is 56.6 cm³/mol. The van der Waals surface area contributed by atoms with E-state index in [4.69, 9.17) is 10.9 Å². The normalized spacial score (nSPS) is 13.6. The van der Waals surface area contributed by atoms with E-state index in [1.54, 1.807) is 0 Å². The van der Waals surface area contributed by atoms with Gasteiger partial charge in [-0.3, -0.25) is 19.6 Å². The molecule has 0 saturated heterocycles. The molecule has 0 aromatic heterocycles. The summed E-state index contributed by atoms with van der Waals surface area (Å²) >= 11 is 0. The Labute approximate surface area is 98.1 Å². The van der Waals surface area contributed by atoms with Crippen molar-refractivity contribution in [2.75, 3.05) is 0 Å². The largest absolute Gasteiger partial charge is 0.391 e. The fourth-order valence-corrected chi connectivity index (χ4v) is 1.14. The first-order valence-electron chi connectivity index (χ1n) is 5.08. The van der Waals surface area contributed by atoms with Crippen LogP contribution in [0.3, 0.4) is 0 Å². The zero-order chi connectivity index (χ0) is 13.4. The van der Waals surface area contributed by atoms with Crippen molar-refractivity contribution >= 4 is 17.7 Å². The van der Waals surface area contributed by atoms with Crippen LogP contribution in [0, 0.1) is 0 Å². The van der Waals surface area contributed by atoms with Crippen molar-refractivity contribution in [2.24, 2.45) is 5.73 Å². The maximum absolute atomic E-state index is 11.3. The molecule has 98 valence electrons. The predicted octanol–water partition coefficient (Wildman–Crippen LogP) is -1.99. The van der Waals surface area contributed by atoms with Gasteiger partial charge >= 0.3 is 0 Å². The minimum Gasteiger partial charge on any atom is -0.391 e. The second kappa shape index (κ2) is 7.58. The Balaban J connectivity index is 4.13. The Morgan fingerprint density at radius 2 is 1.88 bits per heavy atom. The number of primary amides is 1. The quantitative estimate of drug-likeness (QED) is 0.261. The summed E-state index contributed by atoms with van der Waals surface area (Å²) in [5.74, 6) is -1.94. The molecule has 0 aliphatic heterocycles. The fourth-order valence-electron chi connectivity index (χ4n) is 1.14. The average Bonchev–Trinajstić information content (AvgIpc) is 2.24. The Morgan fingerprint density at radius 3 is 2.29 bits per heavy atom. The van der Waals surface area contributed by atoms with Crippen LogP contribution >= 0.6 is 0 Å². The van der Waals surface area contributed by atoms with E-state index in [0.29, 0.717) is 0 Å². The van der Waals surface area contributed by atoms with Crippen molar-refractivity contribution in [3.05, 3.63) is 0 Å². The topological polar surface area (TPSA) is 142 Å². The van der Waals surface area contributed by atoms with Gasteiger partial charge in [0.05, 0.1) is 6.10 Å². The van der Waals surface area contributed by atoms with Crippen molar-refractivity contribution < 1.29 is 24.7 Å². The third-order valence-electron chi connectivity index (χ3n) is 2.02. The molecule has 8 nitrogen and oxygen atoms in total. The lowest BCUT2D eigenvalue weighted by molar-refractivity contribution is -0.137. The molecule has 0 heterocycles. The first kappa shape index (κ1) is 15.3. The first-order chi connectivity index (χ1) is 7.88. The molecular weight excluding hydrogens is 230 g/mol. The molecule has 0 unspecified atom stereocenters. The Bertz CT molecular complexity index is 292. The van der Waals surface area contributed by atoms with Gasteiger partial charge in [0.25, 0.3) is 5.91 Å². The Kier molecular flexibility index (Phi) is 6.83. The van der Waals surface area contributed by atoms with Gasteiger partial charge in [0.15, 0.2) is 0 Å². The lowest BCUT2D eigenvalue weighted by Gasteiger charge is -2.19. The number of rotatable bonds is 7. The van der Waals surface area contributed by atoms with Gasteiger partial charge in [-0.2, -0.15) is 0 Å². The molecule has 0 aliphatic rings. The van der Waals surface area contributed by atoms with Gasteiger partial charge in [0, 0.05) is 12.8 Å². The van der Waals surface area contributed by atoms with Crippen LogP contribution in [-0.4, -0.2) is 40.2 Å². The minimum absolute atomic E-state index is 0.00483. The maximum Gasteiger partial charge on any atom is 0.268 e. The van der Waals surface area contributed by atoms with Crippen LogP contribution in [0.15, 0.2) is 0 Å². The highest BCUT2D eigenvalue weighted by atomic mass is 16.5. The standard InChI is InChI=1S/C9H17N3O5/c1-5(13)8(9(16)12-17)11-7(15)4-2-3-6(10)14/h5,8,13,17H,2-4H2,1H3,(H2,10,14)(H,11,15)(H,12,16)/t5-,8+/m1/s1. The SMILES string of the molecule is C[C@@H](O)[C@H](NC(=O)CCCC(N)=O)C(=O)NO. The number of nitrogens with two attached hydrogens (primary N) is 1. The van der Waals surface area contributed by atoms with Crippen LogP contribution in [0.5, 0.6) is 0 Å². The van der Waals surface area contributed by atoms with Crippen molar-refractivity contribution in [1.82, 2.24) is 10.8 Å². The molecule has 8 heteroatoms. The number of aliphatic hydroxyl groups excluding tert-OH is 1. The third kappa shape index (κ3) is 6.48. The van der Waals surface area contributed by atoms with E-state index in [0.717, 1.165) is 0 Å². The highest BCUT2D eigenvalue weighted by molar-refractivity contribution is 5.87. The maximum atomic E-state index is 11.3. The molecule has 0 spiro atoms. The van der Waals surface area contributed by atoms with Gasteiger partial charge in [-0.05, 0) is 13.3 Å². The summed E-state index contributed by atoms with van der Waals surface area (Å²) in [6.07, 6.45) is -0.819. The number of nitrogens with one attached hydrogen (secondary N) is 2. The van der Waals surface area contributed by atoms with Crippen molar-refractivity contribution in [3.63, 3.8) is 0 Å². The van der Waals surface area contributed by atoms with Gasteiger partial charge in [-0.1, -0.05) is 0 Å². The van der Waals surface area contributed by atoms with Crippen molar-refractivity contribution in [2.45, 2.75) is 38.3 Å². The zero-order valence-electron chi connectivity index (χ0n) is 9.47. The van der Waals surface area contributed by atoms with Gasteiger partial charge in [-0.15, -0.1) is 0 Å². The van der Waals surface area contributed by atoms with Crippen LogP contribution in [0.25, 0.3) is 0 Å². The molecule has 2 atom stereocenters. The van der Waals surface area contributed by atoms with E-state index >= 15 is 0 Å². The lowest BCUT2D eigenvalue weighted by Crippen LogP contribution is -2.51. The third-order valence-corrected chi connectivity index (χ3v) is 2.02. The molecule has 0 fully saturated rings. The molecule has 0 saturated carbocycles. The average molecular weight is 247 g/mol. The summed E-state index contributed by atoms with van der Waals surface area (Å²) in [6, 6.07) is -1.24. The Morgan fingerprint density at radius 1 is 1.29 bits per heavy atom. The second-order valence-corrected chi connectivity index (χ2v) is 3.58. The molecule has 17 heavy (non-hydrogen) atoms. The molecule has 0 radical (unpaired) electrons. The van der Waals surface area contributed by atoms with E-state index in [1.807, 2.05) is 0 Å². The highest BCUT2D eigenvalue weighted by Gasteiger charge is 2.24. The molecule has 6 N–H and O–H groups in total. The van der Waals surface area contributed by atoms with Gasteiger partial charge < -0.3 is 16.2 Å². The van der Waals surface area contributed by atoms with Crippen LogP contribution < -0.4 is 16.5 Å². The fraction of sp³-hybridized carbons (Fsp3) is 0.667. The van der Waals surface area contributed by atoms with Crippen molar-refractivity contribution in [3.8, 4) is 0 Å². The number of amides is 3. The van der Waals surface area contributed by atoms with E-state index in [2.05, 4.69) is 5.32 Å². The number of carbonyl (C=O) groups excluding carboxylic acids is 3. The number of carbonyl (C=O) groups is 3. The smallest absolute Gasteiger partial charge is 0.268 e. The van der Waals surface area contributed by atoms with Crippen molar-refractivity contribution in [1.29, 1.82) is 0 Å². The number of hydrogen-bond donors (Lipinski definition) is 5. The van der Waals surface area contributed by atoms with Crippen LogP contribution in [-0.2, 0) is 14.4 Å². The monoisotopic (exact) mass is 247 g/mol. The molecule has 0 aromatic rings. The summed E-state index contributed by atoms with van der Waals surface area (Å²) in [5.41, 5.74) is 6.23. The summed E-state index contributed by atoms with van der Waals surface area (Å²) < 4.78 is 0. The Hall–Kier alpha value is -1.67. The molecule has 0 aliphatic carbocycles. The zero-order valence-corrected chi connectivity index (χ0v) is 9.47. The summed E-state index contributed by atoms with van der Waals surface area (Å²) in [6.45, 7) is 1.30. The lowest BCUT2D eigenvalue weighted by atomic mass is 10.1.